The van der Waals surface area contributed by atoms with Gasteiger partial charge in [-0.25, -0.2) is 0 Å². The van der Waals surface area contributed by atoms with Gasteiger partial charge in [0.2, 0.25) is 0 Å². The summed E-state index contributed by atoms with van der Waals surface area (Å²) in [5, 5.41) is 19.7. The number of hydrogen-bond donors (Lipinski definition) is 2. The second-order valence-corrected chi connectivity index (χ2v) is 7.38. The van der Waals surface area contributed by atoms with Gasteiger partial charge in [0.05, 0.1) is 41.7 Å². The number of nitrogens with one attached hydrogen (secondary N) is 1. The molecule has 2 heterocycles. The van der Waals surface area contributed by atoms with E-state index in [1.807, 2.05) is 0 Å². The Balaban J connectivity index is 2.10. The molecule has 1 aromatic carbocycles. The molecular formula is C20H20F6N4O3. The standard InChI is InChI=1S/C20H20F6N4O3/c1-11(31)10-27-17-14(18(32)30-4-6-33-7-5-30)9-16(28-29-17)13-3-2-12(19(21,22)23)8-15(13)20(24,25)26/h2-3,8-9,11,31H,4-7,10H2,1H3,(H,27,29)/t11-/m1/s1. The number of carbonyl (C=O) groups excluding carboxylic acids is 1. The number of amides is 1. The van der Waals surface area contributed by atoms with Gasteiger partial charge in [-0.05, 0) is 25.1 Å². The van der Waals surface area contributed by atoms with Crippen LogP contribution < -0.4 is 5.32 Å². The lowest BCUT2D eigenvalue weighted by molar-refractivity contribution is -0.142. The lowest BCUT2D eigenvalue weighted by Gasteiger charge is -2.27. The highest BCUT2D eigenvalue weighted by Gasteiger charge is 2.39. The Bertz CT molecular complexity index is 1000. The lowest BCUT2D eigenvalue weighted by Crippen LogP contribution is -2.41. The Morgan fingerprint density at radius 2 is 1.79 bits per heavy atom. The van der Waals surface area contributed by atoms with E-state index in [0.717, 1.165) is 6.07 Å². The summed E-state index contributed by atoms with van der Waals surface area (Å²) in [6.45, 7) is 2.46. The average Bonchev–Trinajstić information content (AvgIpc) is 2.76. The maximum absolute atomic E-state index is 13.6. The van der Waals surface area contributed by atoms with Gasteiger partial charge in [-0.3, -0.25) is 4.79 Å². The molecule has 0 aliphatic carbocycles. The molecule has 0 unspecified atom stereocenters. The summed E-state index contributed by atoms with van der Waals surface area (Å²) < 4.78 is 84.9. The molecule has 0 bridgehead atoms. The molecule has 1 aliphatic rings. The first-order valence-electron chi connectivity index (χ1n) is 9.83. The second kappa shape index (κ2) is 9.51. The van der Waals surface area contributed by atoms with E-state index in [1.54, 1.807) is 0 Å². The third kappa shape index (κ3) is 5.90. The van der Waals surface area contributed by atoms with Crippen LogP contribution in [0.15, 0.2) is 24.3 Å². The molecule has 180 valence electrons. The quantitative estimate of drug-likeness (QED) is 0.641. The van der Waals surface area contributed by atoms with E-state index in [1.165, 1.54) is 11.8 Å². The van der Waals surface area contributed by atoms with Crippen LogP contribution in [-0.2, 0) is 17.1 Å². The summed E-state index contributed by atoms with van der Waals surface area (Å²) in [7, 11) is 0. The van der Waals surface area contributed by atoms with E-state index in [0.29, 0.717) is 12.1 Å². The van der Waals surface area contributed by atoms with E-state index < -0.39 is 46.7 Å². The molecule has 1 amide bonds. The number of morpholine rings is 1. The van der Waals surface area contributed by atoms with Gasteiger partial charge in [0.1, 0.15) is 0 Å². The summed E-state index contributed by atoms with van der Waals surface area (Å²) in [5.41, 5.74) is -4.22. The molecule has 1 saturated heterocycles. The van der Waals surface area contributed by atoms with Gasteiger partial charge < -0.3 is 20.1 Å². The minimum Gasteiger partial charge on any atom is -0.392 e. The fraction of sp³-hybridized carbons (Fsp3) is 0.450. The molecular weight excluding hydrogens is 458 g/mol. The highest BCUT2D eigenvalue weighted by molar-refractivity contribution is 5.99. The molecule has 7 nitrogen and oxygen atoms in total. The first-order chi connectivity index (χ1) is 15.4. The van der Waals surface area contributed by atoms with Crippen LogP contribution in [0.4, 0.5) is 32.2 Å². The van der Waals surface area contributed by atoms with Crippen LogP contribution in [0.1, 0.15) is 28.4 Å². The van der Waals surface area contributed by atoms with E-state index in [2.05, 4.69) is 15.5 Å². The number of anilines is 1. The first kappa shape index (κ1) is 24.7. The predicted octanol–water partition coefficient (Wildman–Crippen LogP) is 3.45. The minimum atomic E-state index is -5.12. The molecule has 0 spiro atoms. The van der Waals surface area contributed by atoms with Gasteiger partial charge in [-0.1, -0.05) is 6.07 Å². The number of benzene rings is 1. The van der Waals surface area contributed by atoms with E-state index >= 15 is 0 Å². The SMILES string of the molecule is C[C@@H](O)CNc1nnc(-c2ccc(C(F)(F)F)cc2C(F)(F)F)cc1C(=O)N1CCOCC1. The monoisotopic (exact) mass is 478 g/mol. The normalized spacial score (nSPS) is 15.9. The van der Waals surface area contributed by atoms with Crippen LogP contribution >= 0.6 is 0 Å². The number of aromatic nitrogens is 2. The largest absolute Gasteiger partial charge is 0.417 e. The number of hydrogen-bond acceptors (Lipinski definition) is 6. The number of alkyl halides is 6. The third-order valence-corrected chi connectivity index (χ3v) is 4.82. The Hall–Kier alpha value is -2.93. The Labute approximate surface area is 184 Å². The molecule has 0 saturated carbocycles. The van der Waals surface area contributed by atoms with Crippen LogP contribution in [0.5, 0.6) is 0 Å². The van der Waals surface area contributed by atoms with Gasteiger partial charge in [0, 0.05) is 25.2 Å². The van der Waals surface area contributed by atoms with Crippen molar-refractivity contribution in [3.05, 3.63) is 41.0 Å². The smallest absolute Gasteiger partial charge is 0.392 e. The zero-order chi connectivity index (χ0) is 24.4. The first-order valence-corrected chi connectivity index (χ1v) is 9.83. The molecule has 2 aromatic rings. The molecule has 1 fully saturated rings. The molecule has 1 aliphatic heterocycles. The third-order valence-electron chi connectivity index (χ3n) is 4.82. The minimum absolute atomic E-state index is 0.0000838. The van der Waals surface area contributed by atoms with Crippen LogP contribution in [0, 0.1) is 0 Å². The van der Waals surface area contributed by atoms with Crippen molar-refractivity contribution in [3.63, 3.8) is 0 Å². The molecule has 0 radical (unpaired) electrons. The lowest BCUT2D eigenvalue weighted by atomic mass is 9.99. The van der Waals surface area contributed by atoms with Crippen LogP contribution in [0.2, 0.25) is 0 Å². The van der Waals surface area contributed by atoms with E-state index in [4.69, 9.17) is 4.74 Å². The number of nitrogens with zero attached hydrogens (tertiary/aromatic N) is 3. The summed E-state index contributed by atoms with van der Waals surface area (Å²) >= 11 is 0. The van der Waals surface area contributed by atoms with Crippen molar-refractivity contribution < 1.29 is 41.0 Å². The van der Waals surface area contributed by atoms with Crippen molar-refractivity contribution in [1.82, 2.24) is 15.1 Å². The van der Waals surface area contributed by atoms with Crippen molar-refractivity contribution in [1.29, 1.82) is 0 Å². The molecule has 13 heteroatoms. The second-order valence-electron chi connectivity index (χ2n) is 7.38. The van der Waals surface area contributed by atoms with Gasteiger partial charge in [-0.15, -0.1) is 10.2 Å². The van der Waals surface area contributed by atoms with Crippen molar-refractivity contribution in [3.8, 4) is 11.3 Å². The summed E-state index contributed by atoms with van der Waals surface area (Å²) in [5.74, 6) is -0.639. The topological polar surface area (TPSA) is 87.6 Å². The number of halogens is 6. The molecule has 2 N–H and O–H groups in total. The zero-order valence-electron chi connectivity index (χ0n) is 17.3. The van der Waals surface area contributed by atoms with Crippen molar-refractivity contribution >= 4 is 11.7 Å². The Kier molecular flexibility index (Phi) is 7.12. The van der Waals surface area contributed by atoms with Gasteiger partial charge in [-0.2, -0.15) is 26.3 Å². The fourth-order valence-corrected chi connectivity index (χ4v) is 3.18. The Morgan fingerprint density at radius 1 is 1.12 bits per heavy atom. The number of carbonyl (C=O) groups is 1. The van der Waals surface area contributed by atoms with Gasteiger partial charge in [0.15, 0.2) is 5.82 Å². The number of aliphatic hydroxyl groups excluding tert-OH is 1. The van der Waals surface area contributed by atoms with Crippen molar-refractivity contribution in [2.45, 2.75) is 25.4 Å². The fourth-order valence-electron chi connectivity index (χ4n) is 3.18. The predicted molar refractivity (Wildman–Crippen MR) is 104 cm³/mol. The maximum atomic E-state index is 13.6. The zero-order valence-corrected chi connectivity index (χ0v) is 17.3. The van der Waals surface area contributed by atoms with Gasteiger partial charge in [0.25, 0.3) is 5.91 Å². The van der Waals surface area contributed by atoms with Crippen LogP contribution in [0.3, 0.4) is 0 Å². The van der Waals surface area contributed by atoms with Crippen LogP contribution in [-0.4, -0.2) is 65.1 Å². The summed E-state index contributed by atoms with van der Waals surface area (Å²) in [6.07, 6.45) is -10.9. The molecule has 33 heavy (non-hydrogen) atoms. The summed E-state index contributed by atoms with van der Waals surface area (Å²) in [6, 6.07) is 2.21. The average molecular weight is 478 g/mol. The van der Waals surface area contributed by atoms with Crippen molar-refractivity contribution in [2.75, 3.05) is 38.2 Å². The maximum Gasteiger partial charge on any atom is 0.417 e. The number of aliphatic hydroxyl groups is 1. The number of ether oxygens (including phenoxy) is 1. The van der Waals surface area contributed by atoms with Crippen LogP contribution in [0.25, 0.3) is 11.3 Å². The highest BCUT2D eigenvalue weighted by Crippen LogP contribution is 2.40. The number of rotatable bonds is 5. The highest BCUT2D eigenvalue weighted by atomic mass is 19.4. The van der Waals surface area contributed by atoms with E-state index in [-0.39, 0.29) is 50.3 Å². The van der Waals surface area contributed by atoms with Gasteiger partial charge >= 0.3 is 12.4 Å². The molecule has 3 rings (SSSR count). The van der Waals surface area contributed by atoms with Crippen molar-refractivity contribution in [2.24, 2.45) is 0 Å². The van der Waals surface area contributed by atoms with E-state index in [9.17, 15) is 36.2 Å². The summed E-state index contributed by atoms with van der Waals surface area (Å²) in [4.78, 5) is 14.5. The molecule has 1 atom stereocenters. The Morgan fingerprint density at radius 3 is 2.36 bits per heavy atom. The molecule has 1 aromatic heterocycles.